The second kappa shape index (κ2) is 7.86. The maximum atomic E-state index is 12.7. The first kappa shape index (κ1) is 20.6. The number of carbonyl (C=O) groups excluding carboxylic acids is 1. The van der Waals surface area contributed by atoms with Crippen LogP contribution in [0.25, 0.3) is 0 Å². The monoisotopic (exact) mass is 372 g/mol. The van der Waals surface area contributed by atoms with E-state index < -0.39 is 17.3 Å². The zero-order valence-electron chi connectivity index (χ0n) is 15.5. The molecule has 1 fully saturated rings. The molecule has 0 aliphatic carbocycles. The summed E-state index contributed by atoms with van der Waals surface area (Å²) in [5.41, 5.74) is 5.54. The van der Waals surface area contributed by atoms with Crippen LogP contribution in [0.4, 0.5) is 18.0 Å². The summed E-state index contributed by atoms with van der Waals surface area (Å²) in [5.74, 6) is 0.216. The highest BCUT2D eigenvalue weighted by atomic mass is 19.4. The zero-order valence-corrected chi connectivity index (χ0v) is 15.5. The third-order valence-corrected chi connectivity index (χ3v) is 4.68. The van der Waals surface area contributed by atoms with Crippen molar-refractivity contribution in [2.24, 2.45) is 11.7 Å². The van der Waals surface area contributed by atoms with Crippen molar-refractivity contribution < 1.29 is 22.7 Å². The van der Waals surface area contributed by atoms with Gasteiger partial charge in [-0.25, -0.2) is 4.79 Å². The van der Waals surface area contributed by atoms with Gasteiger partial charge >= 0.3 is 12.3 Å². The van der Waals surface area contributed by atoms with Crippen LogP contribution < -0.4 is 5.73 Å². The first-order valence-corrected chi connectivity index (χ1v) is 8.86. The highest BCUT2D eigenvalue weighted by Crippen LogP contribution is 2.35. The molecular formula is C19H27F3N2O2. The van der Waals surface area contributed by atoms with Crippen LogP contribution in [0.15, 0.2) is 24.3 Å². The van der Waals surface area contributed by atoms with Gasteiger partial charge in [-0.2, -0.15) is 13.2 Å². The summed E-state index contributed by atoms with van der Waals surface area (Å²) < 4.78 is 43.5. The third-order valence-electron chi connectivity index (χ3n) is 4.68. The lowest BCUT2D eigenvalue weighted by Gasteiger charge is -2.36. The molecule has 1 heterocycles. The molecule has 1 saturated heterocycles. The molecule has 1 unspecified atom stereocenters. The topological polar surface area (TPSA) is 55.6 Å². The van der Waals surface area contributed by atoms with Crippen LogP contribution in [0.5, 0.6) is 0 Å². The molecule has 26 heavy (non-hydrogen) atoms. The Kier molecular flexibility index (Phi) is 6.21. The molecular weight excluding hydrogens is 345 g/mol. The number of likely N-dealkylation sites (tertiary alicyclic amines) is 1. The van der Waals surface area contributed by atoms with Gasteiger partial charge in [0.25, 0.3) is 0 Å². The molecule has 1 aliphatic heterocycles. The Morgan fingerprint density at radius 1 is 1.19 bits per heavy atom. The molecule has 1 amide bonds. The number of halogens is 3. The summed E-state index contributed by atoms with van der Waals surface area (Å²) in [5, 5.41) is 0. The van der Waals surface area contributed by atoms with Crippen LogP contribution in [0, 0.1) is 5.92 Å². The van der Waals surface area contributed by atoms with E-state index in [2.05, 4.69) is 0 Å². The van der Waals surface area contributed by atoms with Gasteiger partial charge in [0.2, 0.25) is 0 Å². The van der Waals surface area contributed by atoms with E-state index in [0.29, 0.717) is 19.6 Å². The van der Waals surface area contributed by atoms with E-state index in [-0.39, 0.29) is 17.9 Å². The number of rotatable bonds is 3. The van der Waals surface area contributed by atoms with Crippen LogP contribution in [-0.4, -0.2) is 36.2 Å². The molecule has 1 atom stereocenters. The normalized spacial score (nSPS) is 17.9. The van der Waals surface area contributed by atoms with Crippen molar-refractivity contribution in [3.05, 3.63) is 35.4 Å². The molecule has 0 aromatic heterocycles. The second-order valence-electron chi connectivity index (χ2n) is 7.77. The number of hydrogen-bond acceptors (Lipinski definition) is 3. The van der Waals surface area contributed by atoms with E-state index in [4.69, 9.17) is 10.5 Å². The molecule has 0 radical (unpaired) electrons. The number of nitrogens with two attached hydrogens (primary N) is 1. The van der Waals surface area contributed by atoms with Crippen LogP contribution in [0.3, 0.4) is 0 Å². The van der Waals surface area contributed by atoms with Gasteiger partial charge in [0, 0.05) is 13.1 Å². The Morgan fingerprint density at radius 3 is 2.15 bits per heavy atom. The fraction of sp³-hybridized carbons (Fsp3) is 0.632. The van der Waals surface area contributed by atoms with Crippen molar-refractivity contribution in [3.8, 4) is 0 Å². The molecule has 0 saturated carbocycles. The summed E-state index contributed by atoms with van der Waals surface area (Å²) in [6.45, 7) is 6.97. The Morgan fingerprint density at radius 2 is 1.73 bits per heavy atom. The van der Waals surface area contributed by atoms with Gasteiger partial charge in [0.05, 0.1) is 5.56 Å². The Balaban J connectivity index is 1.99. The third kappa shape index (κ3) is 5.37. The van der Waals surface area contributed by atoms with Gasteiger partial charge < -0.3 is 15.4 Å². The highest BCUT2D eigenvalue weighted by Gasteiger charge is 2.33. The average molecular weight is 372 g/mol. The first-order valence-electron chi connectivity index (χ1n) is 8.86. The van der Waals surface area contributed by atoms with Crippen molar-refractivity contribution in [1.82, 2.24) is 4.90 Å². The number of nitrogens with zero attached hydrogens (tertiary/aromatic N) is 1. The van der Waals surface area contributed by atoms with E-state index in [0.717, 1.165) is 30.5 Å². The van der Waals surface area contributed by atoms with Crippen molar-refractivity contribution in [2.45, 2.75) is 51.3 Å². The predicted octanol–water partition coefficient (Wildman–Crippen LogP) is 4.39. The van der Waals surface area contributed by atoms with E-state index in [9.17, 15) is 18.0 Å². The quantitative estimate of drug-likeness (QED) is 0.856. The second-order valence-corrected chi connectivity index (χ2v) is 7.77. The lowest BCUT2D eigenvalue weighted by Crippen LogP contribution is -2.43. The number of ether oxygens (including phenoxy) is 1. The largest absolute Gasteiger partial charge is 0.444 e. The molecule has 7 heteroatoms. The van der Waals surface area contributed by atoms with Crippen molar-refractivity contribution in [3.63, 3.8) is 0 Å². The number of carbonyl (C=O) groups is 1. The van der Waals surface area contributed by atoms with Gasteiger partial charge in [-0.1, -0.05) is 12.1 Å². The average Bonchev–Trinajstić information content (AvgIpc) is 2.54. The Hall–Kier alpha value is -1.76. The van der Waals surface area contributed by atoms with Crippen LogP contribution in [0.1, 0.15) is 50.7 Å². The molecule has 4 nitrogen and oxygen atoms in total. The van der Waals surface area contributed by atoms with E-state index in [1.807, 2.05) is 20.8 Å². The number of amides is 1. The van der Waals surface area contributed by atoms with E-state index in [1.54, 1.807) is 4.90 Å². The Bertz CT molecular complexity index is 601. The molecule has 2 N–H and O–H groups in total. The number of alkyl halides is 3. The lowest BCUT2D eigenvalue weighted by molar-refractivity contribution is -0.137. The standard InChI is InChI=1S/C19H27F3N2O2/c1-18(2,3)26-17(25)24-10-8-14(9-11-24)16(12-23)13-4-6-15(7-5-13)19(20,21)22/h4-7,14,16H,8-12,23H2,1-3H3. The van der Waals surface area contributed by atoms with Gasteiger partial charge in [-0.05, 0) is 69.7 Å². The number of hydrogen-bond donors (Lipinski definition) is 1. The summed E-state index contributed by atoms with van der Waals surface area (Å²) in [6.07, 6.45) is -3.16. The first-order chi connectivity index (χ1) is 12.0. The smallest absolute Gasteiger partial charge is 0.416 e. The van der Waals surface area contributed by atoms with Gasteiger partial charge in [0.1, 0.15) is 5.60 Å². The molecule has 1 aliphatic rings. The SMILES string of the molecule is CC(C)(C)OC(=O)N1CCC(C(CN)c2ccc(C(F)(F)F)cc2)CC1. The predicted molar refractivity (Wildman–Crippen MR) is 93.8 cm³/mol. The fourth-order valence-electron chi connectivity index (χ4n) is 3.33. The van der Waals surface area contributed by atoms with Gasteiger partial charge in [0.15, 0.2) is 0 Å². The molecule has 0 spiro atoms. The molecule has 146 valence electrons. The zero-order chi connectivity index (χ0) is 19.5. The molecule has 1 aromatic carbocycles. The summed E-state index contributed by atoms with van der Waals surface area (Å²) in [4.78, 5) is 13.8. The molecule has 0 bridgehead atoms. The summed E-state index contributed by atoms with van der Waals surface area (Å²) in [7, 11) is 0. The molecule has 1 aromatic rings. The van der Waals surface area contributed by atoms with Gasteiger partial charge in [-0.3, -0.25) is 0 Å². The van der Waals surface area contributed by atoms with Crippen molar-refractivity contribution in [1.29, 1.82) is 0 Å². The minimum Gasteiger partial charge on any atom is -0.444 e. The van der Waals surface area contributed by atoms with Crippen LogP contribution in [-0.2, 0) is 10.9 Å². The number of benzene rings is 1. The summed E-state index contributed by atoms with van der Waals surface area (Å²) >= 11 is 0. The van der Waals surface area contributed by atoms with E-state index in [1.165, 1.54) is 12.1 Å². The summed E-state index contributed by atoms with van der Waals surface area (Å²) in [6, 6.07) is 5.24. The van der Waals surface area contributed by atoms with Crippen LogP contribution in [0.2, 0.25) is 0 Å². The fourth-order valence-corrected chi connectivity index (χ4v) is 3.33. The van der Waals surface area contributed by atoms with Gasteiger partial charge in [-0.15, -0.1) is 0 Å². The molecule has 2 rings (SSSR count). The maximum absolute atomic E-state index is 12.7. The Labute approximate surface area is 152 Å². The van der Waals surface area contributed by atoms with Crippen LogP contribution >= 0.6 is 0 Å². The van der Waals surface area contributed by atoms with E-state index >= 15 is 0 Å². The van der Waals surface area contributed by atoms with Crippen molar-refractivity contribution >= 4 is 6.09 Å². The lowest BCUT2D eigenvalue weighted by atomic mass is 9.80. The minimum absolute atomic E-state index is 0.0157. The van der Waals surface area contributed by atoms with Crippen molar-refractivity contribution in [2.75, 3.05) is 19.6 Å². The highest BCUT2D eigenvalue weighted by molar-refractivity contribution is 5.68. The number of piperidine rings is 1. The maximum Gasteiger partial charge on any atom is 0.416 e. The minimum atomic E-state index is -4.34.